The van der Waals surface area contributed by atoms with Crippen LogP contribution >= 0.6 is 0 Å². The molecule has 0 radical (unpaired) electrons. The van der Waals surface area contributed by atoms with Crippen LogP contribution in [0.5, 0.6) is 0 Å². The van der Waals surface area contributed by atoms with Crippen LogP contribution in [0.2, 0.25) is 0 Å². The van der Waals surface area contributed by atoms with Crippen LogP contribution in [0.15, 0.2) is 0 Å². The summed E-state index contributed by atoms with van der Waals surface area (Å²) in [6.07, 6.45) is 0. The van der Waals surface area contributed by atoms with E-state index >= 15 is 0 Å². The zero-order valence-corrected chi connectivity index (χ0v) is 8.36. The second-order valence-electron chi connectivity index (χ2n) is 1.92. The number of ether oxygens (including phenoxy) is 1. The minimum atomic E-state index is 0. The Morgan fingerprint density at radius 2 is 1.75 bits per heavy atom. The summed E-state index contributed by atoms with van der Waals surface area (Å²) in [5.74, 6) is 0. The minimum Gasteiger partial charge on any atom is -0.379 e. The molecule has 0 unspecified atom stereocenters. The molecular weight excluding hydrogens is 155 g/mol. The molecule has 1 fully saturated rings. The molecule has 0 aromatic rings. The Kier molecular flexibility index (Phi) is 4.73. The van der Waals surface area contributed by atoms with Gasteiger partial charge in [-0.25, -0.2) is 0 Å². The average molecular weight is 167 g/mol. The largest absolute Gasteiger partial charge is 0.379 e. The van der Waals surface area contributed by atoms with Gasteiger partial charge in [-0.05, 0) is 7.05 Å². The summed E-state index contributed by atoms with van der Waals surface area (Å²) in [6.45, 7) is 4.02. The van der Waals surface area contributed by atoms with E-state index in [4.69, 9.17) is 4.74 Å². The Balaban J connectivity index is 0.000000490. The molecule has 0 saturated carbocycles. The molecule has 1 aliphatic heterocycles. The topological polar surface area (TPSA) is 12.5 Å². The zero-order valence-electron chi connectivity index (χ0n) is 5.39. The van der Waals surface area contributed by atoms with E-state index in [0.717, 1.165) is 26.3 Å². The van der Waals surface area contributed by atoms with E-state index in [-0.39, 0.29) is 19.5 Å². The van der Waals surface area contributed by atoms with E-state index < -0.39 is 0 Å². The Hall–Kier alpha value is 0.543. The monoisotopic (exact) mass is 165 g/mol. The normalized spacial score (nSPS) is 22.1. The van der Waals surface area contributed by atoms with Crippen molar-refractivity contribution in [3.8, 4) is 0 Å². The van der Waals surface area contributed by atoms with Crippen LogP contribution in [0.25, 0.3) is 0 Å². The summed E-state index contributed by atoms with van der Waals surface area (Å²) in [5, 5.41) is 0. The standard InChI is InChI=1S/C5H11NO.Zn/c1-6-2-4-7-5-3-6;/h2-5H2,1H3;. The molecule has 0 N–H and O–H groups in total. The summed E-state index contributed by atoms with van der Waals surface area (Å²) in [7, 11) is 2.11. The van der Waals surface area contributed by atoms with Crippen LogP contribution in [0.1, 0.15) is 0 Å². The van der Waals surface area contributed by atoms with Crippen LogP contribution in [0.4, 0.5) is 0 Å². The maximum Gasteiger partial charge on any atom is 0.0594 e. The fourth-order valence-corrected chi connectivity index (χ4v) is 0.655. The molecule has 0 aromatic heterocycles. The van der Waals surface area contributed by atoms with Crippen molar-refractivity contribution < 1.29 is 24.2 Å². The van der Waals surface area contributed by atoms with Crippen molar-refractivity contribution in [1.29, 1.82) is 0 Å². The smallest absolute Gasteiger partial charge is 0.0594 e. The molecule has 1 rings (SSSR count). The van der Waals surface area contributed by atoms with Gasteiger partial charge >= 0.3 is 0 Å². The van der Waals surface area contributed by atoms with Crippen LogP contribution < -0.4 is 0 Å². The van der Waals surface area contributed by atoms with Gasteiger partial charge in [-0.1, -0.05) is 0 Å². The Morgan fingerprint density at radius 1 is 1.25 bits per heavy atom. The fraction of sp³-hybridized carbons (Fsp3) is 1.00. The third-order valence-electron chi connectivity index (χ3n) is 1.23. The van der Waals surface area contributed by atoms with Crippen molar-refractivity contribution >= 4 is 0 Å². The van der Waals surface area contributed by atoms with Gasteiger partial charge in [-0.3, -0.25) is 0 Å². The fourth-order valence-electron chi connectivity index (χ4n) is 0.655. The minimum absolute atomic E-state index is 0. The van der Waals surface area contributed by atoms with Gasteiger partial charge in [0.25, 0.3) is 0 Å². The Morgan fingerprint density at radius 3 is 2.00 bits per heavy atom. The molecule has 0 spiro atoms. The summed E-state index contributed by atoms with van der Waals surface area (Å²) in [5.41, 5.74) is 0. The Bertz CT molecular complexity index is 54.4. The van der Waals surface area contributed by atoms with Gasteiger partial charge in [0.15, 0.2) is 0 Å². The number of morpholine rings is 1. The van der Waals surface area contributed by atoms with Gasteiger partial charge in [-0.2, -0.15) is 0 Å². The van der Waals surface area contributed by atoms with E-state index in [1.807, 2.05) is 0 Å². The number of nitrogens with zero attached hydrogens (tertiary/aromatic N) is 1. The van der Waals surface area contributed by atoms with Crippen molar-refractivity contribution in [1.82, 2.24) is 4.90 Å². The van der Waals surface area contributed by atoms with E-state index in [0.29, 0.717) is 0 Å². The molecule has 0 amide bonds. The summed E-state index contributed by atoms with van der Waals surface area (Å²) >= 11 is 0. The third kappa shape index (κ3) is 2.75. The molecule has 2 nitrogen and oxygen atoms in total. The van der Waals surface area contributed by atoms with Crippen molar-refractivity contribution in [2.24, 2.45) is 0 Å². The molecule has 1 aliphatic rings. The molecule has 0 bridgehead atoms. The molecule has 1 heterocycles. The van der Waals surface area contributed by atoms with Crippen molar-refractivity contribution in [2.75, 3.05) is 33.4 Å². The van der Waals surface area contributed by atoms with E-state index in [9.17, 15) is 0 Å². The van der Waals surface area contributed by atoms with E-state index in [2.05, 4.69) is 11.9 Å². The molecule has 44 valence electrons. The van der Waals surface area contributed by atoms with Crippen LogP contribution in [-0.2, 0) is 24.2 Å². The summed E-state index contributed by atoms with van der Waals surface area (Å²) < 4.78 is 5.10. The first-order chi connectivity index (χ1) is 3.39. The van der Waals surface area contributed by atoms with E-state index in [1.165, 1.54) is 0 Å². The summed E-state index contributed by atoms with van der Waals surface area (Å²) in [4.78, 5) is 2.27. The van der Waals surface area contributed by atoms with Crippen LogP contribution in [-0.4, -0.2) is 38.3 Å². The van der Waals surface area contributed by atoms with Crippen molar-refractivity contribution in [3.05, 3.63) is 0 Å². The van der Waals surface area contributed by atoms with Gasteiger partial charge in [0.05, 0.1) is 13.2 Å². The van der Waals surface area contributed by atoms with Crippen molar-refractivity contribution in [2.45, 2.75) is 0 Å². The predicted octanol–water partition coefficient (Wildman–Crippen LogP) is -0.0541. The van der Waals surface area contributed by atoms with Crippen molar-refractivity contribution in [3.63, 3.8) is 0 Å². The summed E-state index contributed by atoms with van der Waals surface area (Å²) in [6, 6.07) is 0. The van der Waals surface area contributed by atoms with E-state index in [1.54, 1.807) is 0 Å². The molecule has 3 heteroatoms. The first kappa shape index (κ1) is 8.54. The zero-order chi connectivity index (χ0) is 5.11. The number of hydrogen-bond acceptors (Lipinski definition) is 2. The van der Waals surface area contributed by atoms with Crippen LogP contribution in [0, 0.1) is 0 Å². The van der Waals surface area contributed by atoms with Gasteiger partial charge in [0.2, 0.25) is 0 Å². The number of likely N-dealkylation sites (N-methyl/N-ethyl adjacent to an activating group) is 1. The predicted molar refractivity (Wildman–Crippen MR) is 28.3 cm³/mol. The molecule has 1 saturated heterocycles. The second-order valence-corrected chi connectivity index (χ2v) is 1.92. The molecule has 0 aromatic carbocycles. The first-order valence-electron chi connectivity index (χ1n) is 2.66. The second kappa shape index (κ2) is 4.42. The number of hydrogen-bond donors (Lipinski definition) is 0. The first-order valence-corrected chi connectivity index (χ1v) is 2.66. The molecule has 0 atom stereocenters. The average Bonchev–Trinajstić information content (AvgIpc) is 1.69. The van der Waals surface area contributed by atoms with Gasteiger partial charge in [0, 0.05) is 32.6 Å². The molecule has 8 heavy (non-hydrogen) atoms. The Labute approximate surface area is 62.9 Å². The van der Waals surface area contributed by atoms with Gasteiger partial charge in [-0.15, -0.1) is 0 Å². The molecule has 0 aliphatic carbocycles. The SMILES string of the molecule is CN1CCOCC1.[Zn]. The van der Waals surface area contributed by atoms with Gasteiger partial charge < -0.3 is 9.64 Å². The number of rotatable bonds is 0. The maximum absolute atomic E-state index is 5.10. The maximum atomic E-state index is 5.10. The van der Waals surface area contributed by atoms with Gasteiger partial charge in [0.1, 0.15) is 0 Å². The third-order valence-corrected chi connectivity index (χ3v) is 1.23. The van der Waals surface area contributed by atoms with Crippen LogP contribution in [0.3, 0.4) is 0 Å². The quantitative estimate of drug-likeness (QED) is 0.468. The molecular formula is C5H11NOZn.